The molecule has 0 heterocycles. The normalized spacial score (nSPS) is 10.8. The SMILES string of the molecule is COc1cc(/C=C/C(=O)Nc2ccccc2C(N)=O)ccc1OC(C)C. The summed E-state index contributed by atoms with van der Waals surface area (Å²) >= 11 is 0. The lowest BCUT2D eigenvalue weighted by atomic mass is 10.1. The Morgan fingerprint density at radius 3 is 2.50 bits per heavy atom. The third-order valence-corrected chi connectivity index (χ3v) is 3.43. The fourth-order valence-corrected chi connectivity index (χ4v) is 2.29. The van der Waals surface area contributed by atoms with E-state index >= 15 is 0 Å². The molecule has 0 bridgehead atoms. The Morgan fingerprint density at radius 2 is 1.85 bits per heavy atom. The van der Waals surface area contributed by atoms with Gasteiger partial charge in [0, 0.05) is 6.08 Å². The number of methoxy groups -OCH3 is 1. The van der Waals surface area contributed by atoms with Crippen LogP contribution in [0.5, 0.6) is 11.5 Å². The number of ether oxygens (including phenoxy) is 2. The molecule has 0 aliphatic carbocycles. The molecule has 3 N–H and O–H groups in total. The molecule has 0 fully saturated rings. The third-order valence-electron chi connectivity index (χ3n) is 3.43. The van der Waals surface area contributed by atoms with Crippen molar-refractivity contribution in [1.29, 1.82) is 0 Å². The quantitative estimate of drug-likeness (QED) is 0.747. The van der Waals surface area contributed by atoms with Crippen LogP contribution in [0.1, 0.15) is 29.8 Å². The number of nitrogens with two attached hydrogens (primary N) is 1. The van der Waals surface area contributed by atoms with Gasteiger partial charge < -0.3 is 20.5 Å². The van der Waals surface area contributed by atoms with Crippen LogP contribution < -0.4 is 20.5 Å². The summed E-state index contributed by atoms with van der Waals surface area (Å²) in [4.78, 5) is 23.5. The van der Waals surface area contributed by atoms with E-state index < -0.39 is 5.91 Å². The molecular formula is C20H22N2O4. The number of primary amides is 1. The standard InChI is InChI=1S/C20H22N2O4/c1-13(2)26-17-10-8-14(12-18(17)25-3)9-11-19(23)22-16-7-5-4-6-15(16)20(21)24/h4-13H,1-3H3,(H2,21,24)(H,22,23)/b11-9+. The van der Waals surface area contributed by atoms with Crippen LogP contribution in [-0.4, -0.2) is 25.0 Å². The molecule has 136 valence electrons. The number of carbonyl (C=O) groups is 2. The lowest BCUT2D eigenvalue weighted by Gasteiger charge is -2.13. The Labute approximate surface area is 152 Å². The molecule has 0 aliphatic rings. The van der Waals surface area contributed by atoms with Crippen molar-refractivity contribution in [1.82, 2.24) is 0 Å². The Bertz CT molecular complexity index is 828. The first-order valence-corrected chi connectivity index (χ1v) is 8.13. The van der Waals surface area contributed by atoms with Crippen molar-refractivity contribution in [2.24, 2.45) is 5.73 Å². The number of carbonyl (C=O) groups excluding carboxylic acids is 2. The molecule has 2 rings (SSSR count). The minimum absolute atomic E-state index is 0.0291. The summed E-state index contributed by atoms with van der Waals surface area (Å²) in [5, 5.41) is 2.65. The molecule has 0 saturated heterocycles. The average molecular weight is 354 g/mol. The lowest BCUT2D eigenvalue weighted by molar-refractivity contribution is -0.111. The maximum absolute atomic E-state index is 12.1. The van der Waals surface area contributed by atoms with Crippen LogP contribution in [0.15, 0.2) is 48.5 Å². The van der Waals surface area contributed by atoms with Crippen LogP contribution >= 0.6 is 0 Å². The van der Waals surface area contributed by atoms with E-state index in [0.29, 0.717) is 17.2 Å². The Balaban J connectivity index is 2.12. The van der Waals surface area contributed by atoms with Gasteiger partial charge in [-0.05, 0) is 49.8 Å². The maximum Gasteiger partial charge on any atom is 0.250 e. The molecule has 2 aromatic carbocycles. The number of anilines is 1. The number of benzene rings is 2. The van der Waals surface area contributed by atoms with Gasteiger partial charge in [0.05, 0.1) is 24.5 Å². The van der Waals surface area contributed by atoms with Crippen LogP contribution in [0.3, 0.4) is 0 Å². The van der Waals surface area contributed by atoms with Gasteiger partial charge >= 0.3 is 0 Å². The number of hydrogen-bond acceptors (Lipinski definition) is 4. The molecule has 0 aliphatic heterocycles. The summed E-state index contributed by atoms with van der Waals surface area (Å²) in [5.74, 6) is 0.246. The second-order valence-corrected chi connectivity index (χ2v) is 5.81. The molecule has 6 nitrogen and oxygen atoms in total. The topological polar surface area (TPSA) is 90.6 Å². The maximum atomic E-state index is 12.1. The van der Waals surface area contributed by atoms with Gasteiger partial charge in [0.2, 0.25) is 5.91 Å². The summed E-state index contributed by atoms with van der Waals surface area (Å²) in [6.07, 6.45) is 3.04. The van der Waals surface area contributed by atoms with Crippen LogP contribution in [0.2, 0.25) is 0 Å². The van der Waals surface area contributed by atoms with Gasteiger partial charge in [-0.2, -0.15) is 0 Å². The minimum Gasteiger partial charge on any atom is -0.493 e. The van der Waals surface area contributed by atoms with Gasteiger partial charge in [0.25, 0.3) is 5.91 Å². The molecule has 26 heavy (non-hydrogen) atoms. The number of nitrogens with one attached hydrogen (secondary N) is 1. The smallest absolute Gasteiger partial charge is 0.250 e. The van der Waals surface area contributed by atoms with E-state index in [0.717, 1.165) is 5.56 Å². The largest absolute Gasteiger partial charge is 0.493 e. The van der Waals surface area contributed by atoms with E-state index in [9.17, 15) is 9.59 Å². The average Bonchev–Trinajstić information content (AvgIpc) is 2.60. The fraction of sp³-hybridized carbons (Fsp3) is 0.200. The molecule has 2 aromatic rings. The lowest BCUT2D eigenvalue weighted by Crippen LogP contribution is -2.16. The monoisotopic (exact) mass is 354 g/mol. The minimum atomic E-state index is -0.602. The molecule has 0 spiro atoms. The highest BCUT2D eigenvalue weighted by Crippen LogP contribution is 2.29. The van der Waals surface area contributed by atoms with Gasteiger partial charge in [-0.25, -0.2) is 0 Å². The molecule has 0 aromatic heterocycles. The zero-order chi connectivity index (χ0) is 19.1. The molecule has 0 atom stereocenters. The van der Waals surface area contributed by atoms with Gasteiger partial charge in [-0.1, -0.05) is 18.2 Å². The van der Waals surface area contributed by atoms with Crippen molar-refractivity contribution < 1.29 is 19.1 Å². The van der Waals surface area contributed by atoms with Crippen LogP contribution in [0.4, 0.5) is 5.69 Å². The molecular weight excluding hydrogens is 332 g/mol. The van der Waals surface area contributed by atoms with E-state index in [4.69, 9.17) is 15.2 Å². The zero-order valence-electron chi connectivity index (χ0n) is 15.0. The summed E-state index contributed by atoms with van der Waals surface area (Å²) in [7, 11) is 1.56. The van der Waals surface area contributed by atoms with Gasteiger partial charge in [0.1, 0.15) is 0 Å². The van der Waals surface area contributed by atoms with Crippen LogP contribution in [0.25, 0.3) is 6.08 Å². The van der Waals surface area contributed by atoms with Crippen LogP contribution in [-0.2, 0) is 4.79 Å². The summed E-state index contributed by atoms with van der Waals surface area (Å²) in [6, 6.07) is 12.0. The highest BCUT2D eigenvalue weighted by Gasteiger charge is 2.09. The highest BCUT2D eigenvalue weighted by atomic mass is 16.5. The second-order valence-electron chi connectivity index (χ2n) is 5.81. The number of para-hydroxylation sites is 1. The Morgan fingerprint density at radius 1 is 1.12 bits per heavy atom. The first kappa shape index (κ1) is 19.1. The third kappa shape index (κ3) is 5.11. The van der Waals surface area contributed by atoms with Gasteiger partial charge in [-0.3, -0.25) is 9.59 Å². The number of hydrogen-bond donors (Lipinski definition) is 2. The summed E-state index contributed by atoms with van der Waals surface area (Å²) in [5.41, 5.74) is 6.70. The molecule has 0 radical (unpaired) electrons. The Kier molecular flexibility index (Phi) is 6.38. The van der Waals surface area contributed by atoms with Gasteiger partial charge in [-0.15, -0.1) is 0 Å². The predicted octanol–water partition coefficient (Wildman–Crippen LogP) is 3.23. The van der Waals surface area contributed by atoms with E-state index in [2.05, 4.69) is 5.32 Å². The molecule has 2 amide bonds. The van der Waals surface area contributed by atoms with Crippen molar-refractivity contribution in [3.63, 3.8) is 0 Å². The predicted molar refractivity (Wildman–Crippen MR) is 101 cm³/mol. The van der Waals surface area contributed by atoms with Crippen molar-refractivity contribution in [2.45, 2.75) is 20.0 Å². The molecule has 0 unspecified atom stereocenters. The second kappa shape index (κ2) is 8.71. The van der Waals surface area contributed by atoms with E-state index in [1.807, 2.05) is 19.9 Å². The fourth-order valence-electron chi connectivity index (χ4n) is 2.29. The molecule has 0 saturated carbocycles. The zero-order valence-corrected chi connectivity index (χ0v) is 15.0. The first-order chi connectivity index (χ1) is 12.4. The van der Waals surface area contributed by atoms with E-state index in [1.54, 1.807) is 49.6 Å². The first-order valence-electron chi connectivity index (χ1n) is 8.13. The van der Waals surface area contributed by atoms with Crippen molar-refractivity contribution in [2.75, 3.05) is 12.4 Å². The number of rotatable bonds is 7. The summed E-state index contributed by atoms with van der Waals surface area (Å²) in [6.45, 7) is 3.86. The van der Waals surface area contributed by atoms with Crippen molar-refractivity contribution >= 4 is 23.6 Å². The van der Waals surface area contributed by atoms with Gasteiger partial charge in [0.15, 0.2) is 11.5 Å². The summed E-state index contributed by atoms with van der Waals surface area (Å²) < 4.78 is 11.0. The van der Waals surface area contributed by atoms with Crippen molar-refractivity contribution in [3.05, 3.63) is 59.7 Å². The molecule has 6 heteroatoms. The number of amides is 2. The van der Waals surface area contributed by atoms with Crippen LogP contribution in [0, 0.1) is 0 Å². The Hall–Kier alpha value is -3.28. The highest BCUT2D eigenvalue weighted by molar-refractivity contribution is 6.07. The van der Waals surface area contributed by atoms with Crippen molar-refractivity contribution in [3.8, 4) is 11.5 Å². The van der Waals surface area contributed by atoms with E-state index in [1.165, 1.54) is 6.08 Å². The van der Waals surface area contributed by atoms with E-state index in [-0.39, 0.29) is 17.6 Å².